The minimum atomic E-state index is -6.17. The molecule has 0 bridgehead atoms. The predicted octanol–water partition coefficient (Wildman–Crippen LogP) is 7.51. The lowest BCUT2D eigenvalue weighted by atomic mass is 9.74. The van der Waals surface area contributed by atoms with Gasteiger partial charge in [0.15, 0.2) is 0 Å². The molecule has 1 saturated carbocycles. The molecule has 5 nitrogen and oxygen atoms in total. The average Bonchev–Trinajstić information content (AvgIpc) is 3.50. The number of benzene rings is 2. The van der Waals surface area contributed by atoms with E-state index in [1.165, 1.54) is 17.0 Å². The van der Waals surface area contributed by atoms with Gasteiger partial charge in [0.25, 0.3) is 0 Å². The molecule has 2 unspecified atom stereocenters. The van der Waals surface area contributed by atoms with Crippen molar-refractivity contribution in [1.29, 1.82) is 0 Å². The number of amides is 1. The third kappa shape index (κ3) is 7.80. The van der Waals surface area contributed by atoms with E-state index in [4.69, 9.17) is 10.2 Å². The number of carboxylic acids is 1. The Morgan fingerprint density at radius 2 is 1.57 bits per heavy atom. The molecule has 0 aromatic heterocycles. The number of halogens is 9. The number of aliphatic hydroxyl groups is 1. The second-order valence-electron chi connectivity index (χ2n) is 11.9. The summed E-state index contributed by atoms with van der Waals surface area (Å²) in [6.45, 7) is 2.19. The lowest BCUT2D eigenvalue weighted by Crippen LogP contribution is -2.50. The zero-order valence-corrected chi connectivity index (χ0v) is 25.0. The van der Waals surface area contributed by atoms with Crippen molar-refractivity contribution in [1.82, 2.24) is 4.90 Å². The molecule has 1 amide bonds. The van der Waals surface area contributed by atoms with Gasteiger partial charge in [-0.25, -0.2) is 13.2 Å². The molecule has 2 aromatic carbocycles. The highest BCUT2D eigenvalue weighted by Gasteiger charge is 2.73. The smallest absolute Gasteiger partial charge is 0.435 e. The van der Waals surface area contributed by atoms with Crippen molar-refractivity contribution in [2.24, 2.45) is 5.92 Å². The summed E-state index contributed by atoms with van der Waals surface area (Å²) in [5.74, 6) is -1.23. The molecule has 46 heavy (non-hydrogen) atoms. The Morgan fingerprint density at radius 3 is 2.04 bits per heavy atom. The Morgan fingerprint density at radius 1 is 0.978 bits per heavy atom. The predicted molar refractivity (Wildman–Crippen MR) is 150 cm³/mol. The molecule has 1 heterocycles. The molecule has 14 heteroatoms. The minimum absolute atomic E-state index is 0.0408. The van der Waals surface area contributed by atoms with E-state index < -0.39 is 47.2 Å². The first-order valence-electron chi connectivity index (χ1n) is 14.8. The average molecular weight is 670 g/mol. The second-order valence-corrected chi connectivity index (χ2v) is 11.9. The number of hydrogen-bond acceptors (Lipinski definition) is 3. The van der Waals surface area contributed by atoms with Crippen LogP contribution in [0.15, 0.2) is 42.5 Å². The van der Waals surface area contributed by atoms with Gasteiger partial charge >= 0.3 is 24.0 Å². The molecule has 0 radical (unpaired) electrons. The molecule has 2 aliphatic carbocycles. The molecule has 5 rings (SSSR count). The maximum atomic E-state index is 14.4. The first kappa shape index (κ1) is 37.2. The standard InChI is InChI=1S/C18H18F7NO2.C7H11FO2.C7H7F/c19-16(17(20,21)22,18(23,24)25)12-2-3-13-11(8-12)9-14-15(13,4-1-7-27)5-6-26(14)10-28;8-6-3-1-5(2-4-6)7(9)10;1-6-2-4-7(8)5-3-6/h2-3,8,10,14,27H,1,4-7,9H2;5-6H,1-4H2,(H,9,10);2-5H,1H3. The largest absolute Gasteiger partial charge is 0.481 e. The molecule has 2 N–H and O–H groups in total. The van der Waals surface area contributed by atoms with Crippen molar-refractivity contribution in [2.45, 2.75) is 93.9 Å². The summed E-state index contributed by atoms with van der Waals surface area (Å²) in [6, 6.07) is 8.23. The summed E-state index contributed by atoms with van der Waals surface area (Å²) in [4.78, 5) is 23.1. The van der Waals surface area contributed by atoms with Crippen LogP contribution in [-0.4, -0.2) is 65.2 Å². The van der Waals surface area contributed by atoms with E-state index in [1.807, 2.05) is 6.92 Å². The van der Waals surface area contributed by atoms with E-state index >= 15 is 0 Å². The van der Waals surface area contributed by atoms with Crippen molar-refractivity contribution >= 4 is 12.4 Å². The number of carboxylic acid groups (broad SMARTS) is 1. The normalized spacial score (nSPS) is 24.2. The summed E-state index contributed by atoms with van der Waals surface area (Å²) < 4.78 is 117. The van der Waals surface area contributed by atoms with E-state index in [-0.39, 0.29) is 30.3 Å². The Labute approximate surface area is 260 Å². The zero-order chi connectivity index (χ0) is 34.5. The van der Waals surface area contributed by atoms with Crippen LogP contribution >= 0.6 is 0 Å². The molecule has 2 fully saturated rings. The van der Waals surface area contributed by atoms with E-state index in [1.54, 1.807) is 12.1 Å². The Hall–Kier alpha value is -3.29. The van der Waals surface area contributed by atoms with Gasteiger partial charge in [0.2, 0.25) is 6.41 Å². The Kier molecular flexibility index (Phi) is 11.8. The van der Waals surface area contributed by atoms with Crippen LogP contribution < -0.4 is 0 Å². The first-order valence-corrected chi connectivity index (χ1v) is 14.8. The molecular formula is C32H36F9NO4. The molecule has 2 atom stereocenters. The van der Waals surface area contributed by atoms with Crippen molar-refractivity contribution < 1.29 is 59.3 Å². The van der Waals surface area contributed by atoms with Crippen molar-refractivity contribution in [2.75, 3.05) is 13.2 Å². The van der Waals surface area contributed by atoms with Gasteiger partial charge in [-0.2, -0.15) is 26.3 Å². The summed E-state index contributed by atoms with van der Waals surface area (Å²) in [5, 5.41) is 17.7. The number of carbonyl (C=O) groups excluding carboxylic acids is 1. The summed E-state index contributed by atoms with van der Waals surface area (Å²) in [5.41, 5.74) is -5.87. The number of aliphatic carboxylic acids is 1. The van der Waals surface area contributed by atoms with E-state index in [9.17, 15) is 49.1 Å². The molecular weight excluding hydrogens is 633 g/mol. The van der Waals surface area contributed by atoms with Gasteiger partial charge in [0.1, 0.15) is 12.0 Å². The molecule has 256 valence electrons. The molecule has 0 spiro atoms. The van der Waals surface area contributed by atoms with Crippen LogP contribution in [0.2, 0.25) is 0 Å². The third-order valence-electron chi connectivity index (χ3n) is 9.02. The summed E-state index contributed by atoms with van der Waals surface area (Å²) in [6.07, 6.45) is -9.32. The van der Waals surface area contributed by atoms with Crippen molar-refractivity contribution in [3.63, 3.8) is 0 Å². The number of alkyl halides is 8. The Bertz CT molecular complexity index is 1290. The number of likely N-dealkylation sites (tertiary alicyclic amines) is 1. The molecule has 3 aliphatic rings. The zero-order valence-electron chi connectivity index (χ0n) is 25.0. The monoisotopic (exact) mass is 669 g/mol. The second kappa shape index (κ2) is 14.6. The van der Waals surface area contributed by atoms with Gasteiger partial charge in [0, 0.05) is 30.2 Å². The molecule has 1 aliphatic heterocycles. The number of aliphatic hydroxyl groups excluding tert-OH is 1. The highest BCUT2D eigenvalue weighted by atomic mass is 19.4. The van der Waals surface area contributed by atoms with Gasteiger partial charge in [-0.1, -0.05) is 35.9 Å². The van der Waals surface area contributed by atoms with Crippen LogP contribution in [0.1, 0.15) is 67.2 Å². The van der Waals surface area contributed by atoms with Gasteiger partial charge < -0.3 is 15.1 Å². The quantitative estimate of drug-likeness (QED) is 0.247. The van der Waals surface area contributed by atoms with E-state index in [2.05, 4.69) is 0 Å². The lowest BCUT2D eigenvalue weighted by molar-refractivity contribution is -0.348. The van der Waals surface area contributed by atoms with Crippen LogP contribution in [0, 0.1) is 18.7 Å². The van der Waals surface area contributed by atoms with Crippen LogP contribution in [0.25, 0.3) is 0 Å². The lowest BCUT2D eigenvalue weighted by Gasteiger charge is -2.33. The van der Waals surface area contributed by atoms with Gasteiger partial charge in [-0.3, -0.25) is 9.59 Å². The van der Waals surface area contributed by atoms with Crippen LogP contribution in [-0.2, 0) is 27.1 Å². The fourth-order valence-corrected chi connectivity index (χ4v) is 6.53. The van der Waals surface area contributed by atoms with E-state index in [0.717, 1.165) is 11.6 Å². The highest BCUT2D eigenvalue weighted by Crippen LogP contribution is 2.56. The number of hydrogen-bond donors (Lipinski definition) is 2. The number of rotatable bonds is 6. The third-order valence-corrected chi connectivity index (χ3v) is 9.02. The van der Waals surface area contributed by atoms with Crippen LogP contribution in [0.3, 0.4) is 0 Å². The maximum absolute atomic E-state index is 14.4. The number of nitrogens with zero attached hydrogens (tertiary/aromatic N) is 1. The Balaban J connectivity index is 0.000000259. The fraction of sp³-hybridized carbons (Fsp3) is 0.562. The maximum Gasteiger partial charge on any atom is 0.435 e. The van der Waals surface area contributed by atoms with Gasteiger partial charge in [-0.05, 0) is 81.5 Å². The molecule has 2 aromatic rings. The van der Waals surface area contributed by atoms with Gasteiger partial charge in [0.05, 0.1) is 5.92 Å². The minimum Gasteiger partial charge on any atom is -0.481 e. The van der Waals surface area contributed by atoms with Crippen molar-refractivity contribution in [3.8, 4) is 0 Å². The summed E-state index contributed by atoms with van der Waals surface area (Å²) >= 11 is 0. The van der Waals surface area contributed by atoms with Gasteiger partial charge in [-0.15, -0.1) is 0 Å². The fourth-order valence-electron chi connectivity index (χ4n) is 6.53. The van der Waals surface area contributed by atoms with Crippen LogP contribution in [0.4, 0.5) is 39.5 Å². The van der Waals surface area contributed by atoms with E-state index in [0.29, 0.717) is 75.6 Å². The number of aryl methyl sites for hydroxylation is 1. The number of carbonyl (C=O) groups is 2. The topological polar surface area (TPSA) is 77.8 Å². The summed E-state index contributed by atoms with van der Waals surface area (Å²) in [7, 11) is 0. The van der Waals surface area contributed by atoms with Crippen LogP contribution in [0.5, 0.6) is 0 Å². The number of fused-ring (bicyclic) bond motifs is 3. The SMILES string of the molecule is Cc1ccc(F)cc1.O=C(O)C1CCC(F)CC1.O=CN1CCC2(CCCO)c3ccc(C(F)(C(F)(F)F)C(F)(F)F)cc3CC12. The highest BCUT2D eigenvalue weighted by molar-refractivity contribution is 5.70. The molecule has 1 saturated heterocycles. The first-order chi connectivity index (χ1) is 21.4. The van der Waals surface area contributed by atoms with Crippen molar-refractivity contribution in [3.05, 3.63) is 70.5 Å².